The van der Waals surface area contributed by atoms with Gasteiger partial charge in [0.05, 0.1) is 11.4 Å². The van der Waals surface area contributed by atoms with Crippen LogP contribution >= 0.6 is 0 Å². The van der Waals surface area contributed by atoms with Crippen molar-refractivity contribution in [3.05, 3.63) is 163 Å². The van der Waals surface area contributed by atoms with Crippen molar-refractivity contribution in [3.8, 4) is 11.1 Å². The van der Waals surface area contributed by atoms with Crippen LogP contribution in [0.5, 0.6) is 0 Å². The molecule has 2 nitrogen and oxygen atoms in total. The monoisotopic (exact) mass is 575 g/mol. The van der Waals surface area contributed by atoms with Crippen molar-refractivity contribution >= 4 is 71.3 Å². The molecule has 1 aromatic heterocycles. The molecule has 0 atom stereocenters. The van der Waals surface area contributed by atoms with Crippen LogP contribution in [0.1, 0.15) is 5.56 Å². The minimum absolute atomic E-state index is 0.879. The third-order valence-electron chi connectivity index (χ3n) is 9.11. The molecule has 8 aromatic carbocycles. The molecular weight excluding hydrogens is 546 g/mol. The zero-order valence-corrected chi connectivity index (χ0v) is 24.9. The lowest BCUT2D eigenvalue weighted by Crippen LogP contribution is -2.11. The minimum Gasteiger partial charge on any atom is -0.456 e. The molecule has 1 heterocycles. The van der Waals surface area contributed by atoms with Gasteiger partial charge in [0, 0.05) is 33.3 Å². The SMILES string of the molecule is Cc1ccc(-c2ccc(N(c3ccc4c(c3)oc3ccccc34)c3cc4ccccc4c4ccccc34)c3ccccc23)cc1. The first kappa shape index (κ1) is 25.6. The number of benzene rings is 8. The summed E-state index contributed by atoms with van der Waals surface area (Å²) in [6.07, 6.45) is 0. The number of anilines is 3. The van der Waals surface area contributed by atoms with Gasteiger partial charge in [-0.1, -0.05) is 127 Å². The molecule has 0 spiro atoms. The Morgan fingerprint density at radius 1 is 0.422 bits per heavy atom. The van der Waals surface area contributed by atoms with Gasteiger partial charge in [-0.3, -0.25) is 0 Å². The van der Waals surface area contributed by atoms with Gasteiger partial charge in [-0.15, -0.1) is 0 Å². The summed E-state index contributed by atoms with van der Waals surface area (Å²) in [5.41, 5.74) is 8.79. The first-order chi connectivity index (χ1) is 22.2. The standard InChI is InChI=1S/C43H29NO/c1-28-18-20-29(21-19-28)33-24-25-40(36-14-6-4-13-35(33)36)44(31-22-23-39-38-16-8-9-17-42(38)45-43(39)27-31)41-26-30-10-2-3-11-32(30)34-12-5-7-15-37(34)41/h2-27H,1H3. The van der Waals surface area contributed by atoms with E-state index in [1.165, 1.54) is 49.0 Å². The van der Waals surface area contributed by atoms with Gasteiger partial charge in [0.2, 0.25) is 0 Å². The largest absolute Gasteiger partial charge is 0.456 e. The van der Waals surface area contributed by atoms with Crippen molar-refractivity contribution in [2.75, 3.05) is 4.90 Å². The second kappa shape index (κ2) is 10.1. The molecule has 0 radical (unpaired) electrons. The van der Waals surface area contributed by atoms with E-state index < -0.39 is 0 Å². The summed E-state index contributed by atoms with van der Waals surface area (Å²) in [5.74, 6) is 0. The maximum Gasteiger partial charge on any atom is 0.137 e. The first-order valence-corrected chi connectivity index (χ1v) is 15.4. The number of aryl methyl sites for hydroxylation is 1. The Kier molecular flexibility index (Phi) is 5.76. The summed E-state index contributed by atoms with van der Waals surface area (Å²) in [7, 11) is 0. The fourth-order valence-electron chi connectivity index (χ4n) is 6.94. The molecule has 0 aliphatic rings. The van der Waals surface area contributed by atoms with E-state index in [0.29, 0.717) is 0 Å². The third-order valence-corrected chi connectivity index (χ3v) is 9.11. The molecule has 0 aliphatic heterocycles. The maximum atomic E-state index is 6.42. The molecule has 0 unspecified atom stereocenters. The molecule has 212 valence electrons. The Morgan fingerprint density at radius 2 is 1.04 bits per heavy atom. The Balaban J connectivity index is 1.37. The lowest BCUT2D eigenvalue weighted by molar-refractivity contribution is 0.669. The first-order valence-electron chi connectivity index (χ1n) is 15.4. The van der Waals surface area contributed by atoms with Crippen LogP contribution in [0, 0.1) is 6.92 Å². The minimum atomic E-state index is 0.879. The van der Waals surface area contributed by atoms with Crippen LogP contribution < -0.4 is 4.90 Å². The average Bonchev–Trinajstić information content (AvgIpc) is 3.47. The molecular formula is C43H29NO. The number of nitrogens with zero attached hydrogens (tertiary/aromatic N) is 1. The van der Waals surface area contributed by atoms with Gasteiger partial charge >= 0.3 is 0 Å². The lowest BCUT2D eigenvalue weighted by atomic mass is 9.95. The number of para-hydroxylation sites is 1. The zero-order valence-electron chi connectivity index (χ0n) is 24.9. The summed E-state index contributed by atoms with van der Waals surface area (Å²) < 4.78 is 6.42. The Labute approximate surface area is 261 Å². The Bertz CT molecular complexity index is 2560. The van der Waals surface area contributed by atoms with Crippen molar-refractivity contribution in [1.82, 2.24) is 0 Å². The van der Waals surface area contributed by atoms with Crippen LogP contribution in [0.3, 0.4) is 0 Å². The number of rotatable bonds is 4. The molecule has 0 aliphatic carbocycles. The number of hydrogen-bond acceptors (Lipinski definition) is 2. The van der Waals surface area contributed by atoms with E-state index in [9.17, 15) is 0 Å². The van der Waals surface area contributed by atoms with E-state index in [-0.39, 0.29) is 0 Å². The van der Waals surface area contributed by atoms with E-state index in [4.69, 9.17) is 4.42 Å². The van der Waals surface area contributed by atoms with Gasteiger partial charge in [0.25, 0.3) is 0 Å². The summed E-state index contributed by atoms with van der Waals surface area (Å²) in [5, 5.41) is 9.57. The van der Waals surface area contributed by atoms with E-state index in [2.05, 4.69) is 157 Å². The smallest absolute Gasteiger partial charge is 0.137 e. The molecule has 0 fully saturated rings. The van der Waals surface area contributed by atoms with Gasteiger partial charge in [-0.2, -0.15) is 0 Å². The molecule has 0 saturated heterocycles. The van der Waals surface area contributed by atoms with Gasteiger partial charge in [0.15, 0.2) is 0 Å². The second-order valence-corrected chi connectivity index (χ2v) is 11.8. The third kappa shape index (κ3) is 4.11. The quantitative estimate of drug-likeness (QED) is 0.194. The van der Waals surface area contributed by atoms with E-state index >= 15 is 0 Å². The highest BCUT2D eigenvalue weighted by molar-refractivity contribution is 6.17. The number of fused-ring (bicyclic) bond motifs is 7. The number of hydrogen-bond donors (Lipinski definition) is 0. The summed E-state index contributed by atoms with van der Waals surface area (Å²) in [4.78, 5) is 2.42. The molecule has 2 heteroatoms. The molecule has 9 aromatic rings. The predicted octanol–water partition coefficient (Wildman–Crippen LogP) is 12.5. The van der Waals surface area contributed by atoms with Crippen molar-refractivity contribution in [2.45, 2.75) is 6.92 Å². The van der Waals surface area contributed by atoms with Crippen LogP contribution in [0.25, 0.3) is 65.4 Å². The molecule has 0 amide bonds. The summed E-state index contributed by atoms with van der Waals surface area (Å²) in [6.45, 7) is 2.13. The van der Waals surface area contributed by atoms with Gasteiger partial charge < -0.3 is 9.32 Å². The van der Waals surface area contributed by atoms with Crippen molar-refractivity contribution in [1.29, 1.82) is 0 Å². The Morgan fingerprint density at radius 3 is 1.84 bits per heavy atom. The maximum absolute atomic E-state index is 6.42. The van der Waals surface area contributed by atoms with Crippen molar-refractivity contribution < 1.29 is 4.42 Å². The second-order valence-electron chi connectivity index (χ2n) is 11.8. The van der Waals surface area contributed by atoms with E-state index in [1.807, 2.05) is 12.1 Å². The van der Waals surface area contributed by atoms with Crippen LogP contribution in [0.15, 0.2) is 162 Å². The molecule has 0 saturated carbocycles. The van der Waals surface area contributed by atoms with E-state index in [0.717, 1.165) is 39.0 Å². The highest BCUT2D eigenvalue weighted by atomic mass is 16.3. The topological polar surface area (TPSA) is 16.4 Å². The highest BCUT2D eigenvalue weighted by Crippen LogP contribution is 2.46. The fraction of sp³-hybridized carbons (Fsp3) is 0.0233. The van der Waals surface area contributed by atoms with Crippen LogP contribution in [0.2, 0.25) is 0 Å². The molecule has 45 heavy (non-hydrogen) atoms. The fourth-order valence-corrected chi connectivity index (χ4v) is 6.94. The molecule has 0 bridgehead atoms. The van der Waals surface area contributed by atoms with Crippen LogP contribution in [0.4, 0.5) is 17.1 Å². The predicted molar refractivity (Wildman–Crippen MR) is 191 cm³/mol. The normalized spacial score (nSPS) is 11.7. The van der Waals surface area contributed by atoms with Crippen molar-refractivity contribution in [3.63, 3.8) is 0 Å². The average molecular weight is 576 g/mol. The molecule has 0 N–H and O–H groups in total. The van der Waals surface area contributed by atoms with Gasteiger partial charge in [-0.25, -0.2) is 0 Å². The van der Waals surface area contributed by atoms with Gasteiger partial charge in [0.1, 0.15) is 11.2 Å². The van der Waals surface area contributed by atoms with Crippen LogP contribution in [-0.4, -0.2) is 0 Å². The Hall–Kier alpha value is -5.86. The van der Waals surface area contributed by atoms with Gasteiger partial charge in [-0.05, 0) is 69.9 Å². The number of furan rings is 1. The van der Waals surface area contributed by atoms with Crippen LogP contribution in [-0.2, 0) is 0 Å². The summed E-state index contributed by atoms with van der Waals surface area (Å²) in [6, 6.07) is 56.8. The zero-order chi connectivity index (χ0) is 29.9. The molecule has 9 rings (SSSR count). The highest BCUT2D eigenvalue weighted by Gasteiger charge is 2.21. The van der Waals surface area contributed by atoms with Crippen molar-refractivity contribution in [2.24, 2.45) is 0 Å². The lowest BCUT2D eigenvalue weighted by Gasteiger charge is -2.29. The van der Waals surface area contributed by atoms with E-state index in [1.54, 1.807) is 0 Å². The summed E-state index contributed by atoms with van der Waals surface area (Å²) >= 11 is 0.